The van der Waals surface area contributed by atoms with Gasteiger partial charge in [-0.25, -0.2) is 17.7 Å². The maximum Gasteiger partial charge on any atom is 0.242 e. The van der Waals surface area contributed by atoms with E-state index in [0.29, 0.717) is 29.4 Å². The Kier molecular flexibility index (Phi) is 7.80. The van der Waals surface area contributed by atoms with Gasteiger partial charge in [-0.3, -0.25) is 0 Å². The van der Waals surface area contributed by atoms with Gasteiger partial charge in [-0.05, 0) is 87.2 Å². The van der Waals surface area contributed by atoms with E-state index < -0.39 is 10.0 Å². The number of hydrogen-bond donors (Lipinski definition) is 0. The van der Waals surface area contributed by atoms with E-state index in [1.807, 2.05) is 12.1 Å². The van der Waals surface area contributed by atoms with E-state index in [1.54, 1.807) is 31.3 Å². The van der Waals surface area contributed by atoms with Crippen LogP contribution in [0.2, 0.25) is 0 Å². The van der Waals surface area contributed by atoms with Gasteiger partial charge in [0.05, 0.1) is 15.9 Å². The molecule has 1 saturated heterocycles. The number of likely N-dealkylation sites (tertiary alicyclic amines) is 1. The Morgan fingerprint density at radius 3 is 2.35 bits per heavy atom. The van der Waals surface area contributed by atoms with Crippen LogP contribution in [0, 0.1) is 12.8 Å². The Bertz CT molecular complexity index is 1540. The van der Waals surface area contributed by atoms with Crippen LogP contribution < -0.4 is 0 Å². The van der Waals surface area contributed by atoms with Crippen LogP contribution in [0.4, 0.5) is 0 Å². The zero-order valence-electron chi connectivity index (χ0n) is 23.6. The van der Waals surface area contributed by atoms with Crippen LogP contribution in [-0.4, -0.2) is 59.9 Å². The van der Waals surface area contributed by atoms with Crippen molar-refractivity contribution in [2.24, 2.45) is 5.92 Å². The van der Waals surface area contributed by atoms with E-state index in [1.165, 1.54) is 34.6 Å². The summed E-state index contributed by atoms with van der Waals surface area (Å²) < 4.78 is 30.7. The fraction of sp³-hybridized carbons (Fsp3) is 0.424. The molecule has 2 fully saturated rings. The Morgan fingerprint density at radius 2 is 1.62 bits per heavy atom. The molecule has 4 atom stereocenters. The first-order chi connectivity index (χ1) is 19.4. The molecule has 6 nitrogen and oxygen atoms in total. The van der Waals surface area contributed by atoms with E-state index >= 15 is 0 Å². The Hall–Kier alpha value is -3.00. The van der Waals surface area contributed by atoms with Crippen molar-refractivity contribution < 1.29 is 8.42 Å². The zero-order valence-corrected chi connectivity index (χ0v) is 24.4. The maximum absolute atomic E-state index is 13.3. The van der Waals surface area contributed by atoms with Crippen molar-refractivity contribution in [1.29, 1.82) is 0 Å². The SMILES string of the molecule is Cc1nc2ccccc2n1[C@H]1CCN(CCC(CN(C)S(=O)(=O)c2ccccc2)c2ccccc2)C2CC[C@H]2C1. The molecule has 0 radical (unpaired) electrons. The third kappa shape index (κ3) is 5.35. The van der Waals surface area contributed by atoms with Crippen molar-refractivity contribution >= 4 is 21.1 Å². The van der Waals surface area contributed by atoms with E-state index in [-0.39, 0.29) is 5.92 Å². The molecule has 1 aliphatic carbocycles. The standard InChI is InChI=1S/C33H40N4O2S/c1-25-34-31-15-9-10-16-33(31)37(25)29-20-22-36(32-18-17-27(32)23-29)21-19-28(26-11-5-3-6-12-26)24-35(2)40(38,39)30-13-7-4-8-14-30/h3-16,27-29,32H,17-24H2,1-2H3/t27-,28?,29-,32?/m0/s1. The van der Waals surface area contributed by atoms with Crippen LogP contribution in [0.3, 0.4) is 0 Å². The van der Waals surface area contributed by atoms with Gasteiger partial charge in [0.25, 0.3) is 0 Å². The monoisotopic (exact) mass is 556 g/mol. The summed E-state index contributed by atoms with van der Waals surface area (Å²) in [4.78, 5) is 7.92. The molecule has 1 saturated carbocycles. The van der Waals surface area contributed by atoms with Crippen molar-refractivity contribution in [3.05, 3.63) is 96.3 Å². The fourth-order valence-corrected chi connectivity index (χ4v) is 8.22. The Morgan fingerprint density at radius 1 is 0.925 bits per heavy atom. The second kappa shape index (κ2) is 11.5. The van der Waals surface area contributed by atoms with Crippen molar-refractivity contribution in [2.75, 3.05) is 26.7 Å². The van der Waals surface area contributed by atoms with Crippen molar-refractivity contribution in [3.8, 4) is 0 Å². The van der Waals surface area contributed by atoms with E-state index in [0.717, 1.165) is 37.3 Å². The number of hydrogen-bond acceptors (Lipinski definition) is 4. The van der Waals surface area contributed by atoms with Gasteiger partial charge in [-0.2, -0.15) is 0 Å². The normalized spacial score (nSPS) is 22.5. The lowest BCUT2D eigenvalue weighted by Crippen LogP contribution is -2.47. The van der Waals surface area contributed by atoms with Crippen molar-refractivity contribution in [1.82, 2.24) is 18.8 Å². The first-order valence-corrected chi connectivity index (χ1v) is 16.1. The van der Waals surface area contributed by atoms with Gasteiger partial charge in [-0.15, -0.1) is 0 Å². The summed E-state index contributed by atoms with van der Waals surface area (Å²) in [5.74, 6) is 1.95. The van der Waals surface area contributed by atoms with Crippen LogP contribution >= 0.6 is 0 Å². The highest BCUT2D eigenvalue weighted by Gasteiger charge is 2.40. The van der Waals surface area contributed by atoms with Crippen molar-refractivity contribution in [3.63, 3.8) is 0 Å². The average Bonchev–Trinajstić information content (AvgIpc) is 3.24. The first kappa shape index (κ1) is 27.2. The molecule has 7 heteroatoms. The van der Waals surface area contributed by atoms with Crippen LogP contribution in [0.1, 0.15) is 55.5 Å². The lowest BCUT2D eigenvalue weighted by Gasteiger charge is -2.43. The molecule has 0 spiro atoms. The summed E-state index contributed by atoms with van der Waals surface area (Å²) >= 11 is 0. The molecule has 6 rings (SSSR count). The van der Waals surface area contributed by atoms with Gasteiger partial charge in [-0.1, -0.05) is 60.7 Å². The number of sulfonamides is 1. The highest BCUT2D eigenvalue weighted by Crippen LogP contribution is 2.43. The number of rotatable bonds is 9. The fourth-order valence-electron chi connectivity index (χ4n) is 6.98. The third-order valence-corrected chi connectivity index (χ3v) is 11.1. The molecule has 4 aromatic rings. The van der Waals surface area contributed by atoms with Gasteiger partial charge in [0.2, 0.25) is 10.0 Å². The molecule has 2 unspecified atom stereocenters. The van der Waals surface area contributed by atoms with E-state index in [4.69, 9.17) is 4.98 Å². The third-order valence-electron chi connectivity index (χ3n) is 9.27. The molecular weight excluding hydrogens is 516 g/mol. The van der Waals surface area contributed by atoms with E-state index in [2.05, 4.69) is 64.9 Å². The minimum absolute atomic E-state index is 0.127. The first-order valence-electron chi connectivity index (χ1n) is 14.7. The van der Waals surface area contributed by atoms with Gasteiger partial charge in [0.1, 0.15) is 5.82 Å². The predicted octanol–water partition coefficient (Wildman–Crippen LogP) is 6.25. The zero-order chi connectivity index (χ0) is 27.7. The molecule has 210 valence electrons. The van der Waals surface area contributed by atoms with Gasteiger partial charge in [0.15, 0.2) is 0 Å². The maximum atomic E-state index is 13.3. The molecular formula is C33H40N4O2S. The highest BCUT2D eigenvalue weighted by atomic mass is 32.2. The summed E-state index contributed by atoms with van der Waals surface area (Å²) in [6.07, 6.45) is 5.82. The molecule has 0 amide bonds. The molecule has 0 N–H and O–H groups in total. The minimum Gasteiger partial charge on any atom is -0.325 e. The summed E-state index contributed by atoms with van der Waals surface area (Å²) in [7, 11) is -1.83. The van der Waals surface area contributed by atoms with Crippen LogP contribution in [0.25, 0.3) is 11.0 Å². The smallest absolute Gasteiger partial charge is 0.242 e. The summed E-state index contributed by atoms with van der Waals surface area (Å²) in [6.45, 7) is 4.66. The lowest BCUT2D eigenvalue weighted by atomic mass is 9.75. The molecule has 1 aromatic heterocycles. The molecule has 2 heterocycles. The number of imidazole rings is 1. The van der Waals surface area contributed by atoms with Crippen LogP contribution in [0.5, 0.6) is 0 Å². The number of aromatic nitrogens is 2. The van der Waals surface area contributed by atoms with Crippen molar-refractivity contribution in [2.45, 2.75) is 61.9 Å². The molecule has 40 heavy (non-hydrogen) atoms. The second-order valence-electron chi connectivity index (χ2n) is 11.6. The average molecular weight is 557 g/mol. The highest BCUT2D eigenvalue weighted by molar-refractivity contribution is 7.89. The van der Waals surface area contributed by atoms with Gasteiger partial charge < -0.3 is 9.47 Å². The summed E-state index contributed by atoms with van der Waals surface area (Å²) in [6, 6.07) is 28.8. The molecule has 1 aliphatic heterocycles. The number of likely N-dealkylation sites (N-methyl/N-ethyl adjacent to an activating group) is 1. The van der Waals surface area contributed by atoms with E-state index in [9.17, 15) is 8.42 Å². The van der Waals surface area contributed by atoms with Gasteiger partial charge >= 0.3 is 0 Å². The predicted molar refractivity (Wildman–Crippen MR) is 161 cm³/mol. The summed E-state index contributed by atoms with van der Waals surface area (Å²) in [5, 5.41) is 0. The molecule has 3 aromatic carbocycles. The quantitative estimate of drug-likeness (QED) is 0.244. The minimum atomic E-state index is -3.54. The summed E-state index contributed by atoms with van der Waals surface area (Å²) in [5.41, 5.74) is 3.55. The van der Waals surface area contributed by atoms with Crippen LogP contribution in [-0.2, 0) is 10.0 Å². The van der Waals surface area contributed by atoms with Gasteiger partial charge in [0, 0.05) is 32.2 Å². The number of para-hydroxylation sites is 2. The Balaban J connectivity index is 1.18. The lowest BCUT2D eigenvalue weighted by molar-refractivity contribution is 0.0696. The second-order valence-corrected chi connectivity index (χ2v) is 13.7. The Labute approximate surface area is 238 Å². The van der Waals surface area contributed by atoms with Crippen LogP contribution in [0.15, 0.2) is 89.8 Å². The number of benzene rings is 3. The largest absolute Gasteiger partial charge is 0.325 e. The number of fused-ring (bicyclic) bond motifs is 2. The topological polar surface area (TPSA) is 58.4 Å². The molecule has 0 bridgehead atoms. The number of aryl methyl sites for hydroxylation is 1. The number of nitrogens with zero attached hydrogens (tertiary/aromatic N) is 4. The molecule has 2 aliphatic rings.